The summed E-state index contributed by atoms with van der Waals surface area (Å²) in [5.41, 5.74) is 4.94. The molecule has 6 nitrogen and oxygen atoms in total. The topological polar surface area (TPSA) is 55.9 Å². The maximum atomic E-state index is 13.0. The van der Waals surface area contributed by atoms with E-state index < -0.39 is 0 Å². The maximum Gasteiger partial charge on any atom is 0.223 e. The van der Waals surface area contributed by atoms with E-state index >= 15 is 0 Å². The fourth-order valence-electron chi connectivity index (χ4n) is 4.83. The monoisotopic (exact) mass is 526 g/mol. The van der Waals surface area contributed by atoms with Gasteiger partial charge in [-0.1, -0.05) is 55.3 Å². The maximum absolute atomic E-state index is 13.0. The molecule has 1 aliphatic rings. The fourth-order valence-corrected chi connectivity index (χ4v) is 4.96. The van der Waals surface area contributed by atoms with Crippen molar-refractivity contribution in [1.82, 2.24) is 15.1 Å². The molecule has 0 bridgehead atoms. The van der Waals surface area contributed by atoms with E-state index in [-0.39, 0.29) is 17.7 Å². The van der Waals surface area contributed by atoms with Gasteiger partial charge in [-0.3, -0.25) is 9.59 Å². The lowest BCUT2D eigenvalue weighted by molar-refractivity contribution is -0.131. The standard InChI is InChI=1S/C30H43ClN4O2/c1-22-6-11-28(26(18-22)19-23(2)21-32-29(36)12-13-33(4)5)34-14-16-35(17-15-34)30(37)20-24(3)25-7-9-27(31)10-8-25/h6-11,18,23-24H,12-17,19-21H2,1-5H3,(H,32,36). The predicted octanol–water partition coefficient (Wildman–Crippen LogP) is 4.74. The molecule has 1 heterocycles. The van der Waals surface area contributed by atoms with Gasteiger partial charge in [0.25, 0.3) is 0 Å². The van der Waals surface area contributed by atoms with Gasteiger partial charge in [0.2, 0.25) is 11.8 Å². The van der Waals surface area contributed by atoms with Gasteiger partial charge in [0.05, 0.1) is 0 Å². The second kappa shape index (κ2) is 13.8. The third-order valence-electron chi connectivity index (χ3n) is 7.13. The molecular weight excluding hydrogens is 484 g/mol. The van der Waals surface area contributed by atoms with Crippen LogP contribution in [0.5, 0.6) is 0 Å². The predicted molar refractivity (Wildman–Crippen MR) is 154 cm³/mol. The van der Waals surface area contributed by atoms with Gasteiger partial charge in [-0.05, 0) is 68.6 Å². The summed E-state index contributed by atoms with van der Waals surface area (Å²) in [6.45, 7) is 11.0. The summed E-state index contributed by atoms with van der Waals surface area (Å²) in [4.78, 5) is 31.6. The van der Waals surface area contributed by atoms with E-state index in [0.717, 1.165) is 44.7 Å². The fraction of sp³-hybridized carbons (Fsp3) is 0.533. The summed E-state index contributed by atoms with van der Waals surface area (Å²) in [6.07, 6.45) is 1.94. The molecule has 0 saturated carbocycles. The summed E-state index contributed by atoms with van der Waals surface area (Å²) in [5.74, 6) is 0.818. The first-order valence-electron chi connectivity index (χ1n) is 13.4. The number of nitrogens with zero attached hydrogens (tertiary/aromatic N) is 3. The second-order valence-corrected chi connectivity index (χ2v) is 11.3. The Hall–Kier alpha value is -2.57. The lowest BCUT2D eigenvalue weighted by Crippen LogP contribution is -2.49. The Balaban J connectivity index is 1.53. The van der Waals surface area contributed by atoms with E-state index in [1.807, 2.05) is 48.2 Å². The van der Waals surface area contributed by atoms with Crippen molar-refractivity contribution in [2.75, 3.05) is 58.3 Å². The van der Waals surface area contributed by atoms with Crippen molar-refractivity contribution in [3.63, 3.8) is 0 Å². The van der Waals surface area contributed by atoms with E-state index in [0.29, 0.717) is 30.3 Å². The highest BCUT2D eigenvalue weighted by atomic mass is 35.5. The van der Waals surface area contributed by atoms with Crippen LogP contribution in [0.3, 0.4) is 0 Å². The summed E-state index contributed by atoms with van der Waals surface area (Å²) < 4.78 is 0. The molecule has 2 amide bonds. The normalized spacial score (nSPS) is 15.5. The van der Waals surface area contributed by atoms with E-state index in [1.165, 1.54) is 16.8 Å². The first-order valence-corrected chi connectivity index (χ1v) is 13.8. The minimum absolute atomic E-state index is 0.108. The lowest BCUT2D eigenvalue weighted by atomic mass is 9.96. The third kappa shape index (κ3) is 9.04. The number of anilines is 1. The molecule has 2 aromatic rings. The number of hydrogen-bond acceptors (Lipinski definition) is 4. The minimum Gasteiger partial charge on any atom is -0.368 e. The number of nitrogens with one attached hydrogen (secondary N) is 1. The van der Waals surface area contributed by atoms with Gasteiger partial charge >= 0.3 is 0 Å². The zero-order valence-electron chi connectivity index (χ0n) is 23.1. The van der Waals surface area contributed by atoms with Crippen molar-refractivity contribution < 1.29 is 9.59 Å². The highest BCUT2D eigenvalue weighted by molar-refractivity contribution is 6.30. The van der Waals surface area contributed by atoms with Gasteiger partial charge in [-0.25, -0.2) is 0 Å². The van der Waals surface area contributed by atoms with Crippen LogP contribution in [-0.4, -0.2) is 75.0 Å². The molecule has 0 radical (unpaired) electrons. The largest absolute Gasteiger partial charge is 0.368 e. The first-order chi connectivity index (χ1) is 17.6. The van der Waals surface area contributed by atoms with Crippen molar-refractivity contribution in [2.45, 2.75) is 46.0 Å². The van der Waals surface area contributed by atoms with E-state index in [2.05, 4.69) is 49.2 Å². The number of carbonyl (C=O) groups is 2. The molecule has 0 spiro atoms. The smallest absolute Gasteiger partial charge is 0.223 e. The zero-order chi connectivity index (χ0) is 26.9. The molecule has 0 aromatic heterocycles. The van der Waals surface area contributed by atoms with Crippen LogP contribution in [0.2, 0.25) is 5.02 Å². The Kier molecular flexibility index (Phi) is 10.8. The summed E-state index contributed by atoms with van der Waals surface area (Å²) in [6, 6.07) is 14.4. The Morgan fingerprint density at radius 2 is 1.70 bits per heavy atom. The SMILES string of the molecule is Cc1ccc(N2CCN(C(=O)CC(C)c3ccc(Cl)cc3)CC2)c(CC(C)CNC(=O)CCN(C)C)c1. The molecular formula is C30H43ClN4O2. The number of rotatable bonds is 11. The summed E-state index contributed by atoms with van der Waals surface area (Å²) in [7, 11) is 3.96. The average Bonchev–Trinajstić information content (AvgIpc) is 2.87. The molecule has 0 aliphatic carbocycles. The molecule has 2 atom stereocenters. The highest BCUT2D eigenvalue weighted by Gasteiger charge is 2.24. The molecule has 7 heteroatoms. The number of aryl methyl sites for hydroxylation is 1. The van der Waals surface area contributed by atoms with E-state index in [4.69, 9.17) is 11.6 Å². The Labute approximate surface area is 228 Å². The summed E-state index contributed by atoms with van der Waals surface area (Å²) in [5, 5.41) is 3.81. The highest BCUT2D eigenvalue weighted by Crippen LogP contribution is 2.27. The van der Waals surface area contributed by atoms with Gasteiger partial charge < -0.3 is 20.0 Å². The molecule has 202 valence electrons. The van der Waals surface area contributed by atoms with Crippen molar-refractivity contribution in [1.29, 1.82) is 0 Å². The Morgan fingerprint density at radius 3 is 2.35 bits per heavy atom. The Morgan fingerprint density at radius 1 is 1.03 bits per heavy atom. The van der Waals surface area contributed by atoms with Gasteiger partial charge in [0.1, 0.15) is 0 Å². The number of benzene rings is 2. The number of piperazine rings is 1. The van der Waals surface area contributed by atoms with Crippen molar-refractivity contribution in [3.05, 3.63) is 64.2 Å². The van der Waals surface area contributed by atoms with Crippen LogP contribution in [0.25, 0.3) is 0 Å². The third-order valence-corrected chi connectivity index (χ3v) is 7.38. The number of carbonyl (C=O) groups excluding carboxylic acids is 2. The van der Waals surface area contributed by atoms with Crippen LogP contribution < -0.4 is 10.2 Å². The van der Waals surface area contributed by atoms with E-state index in [9.17, 15) is 9.59 Å². The van der Waals surface area contributed by atoms with Gasteiger partial charge in [0, 0.05) is 62.8 Å². The molecule has 2 unspecified atom stereocenters. The van der Waals surface area contributed by atoms with Gasteiger partial charge in [-0.15, -0.1) is 0 Å². The van der Waals surface area contributed by atoms with Crippen molar-refractivity contribution >= 4 is 29.1 Å². The number of amides is 2. The lowest BCUT2D eigenvalue weighted by Gasteiger charge is -2.37. The quantitative estimate of drug-likeness (QED) is 0.459. The zero-order valence-corrected chi connectivity index (χ0v) is 23.9. The van der Waals surface area contributed by atoms with Crippen LogP contribution in [0, 0.1) is 12.8 Å². The van der Waals surface area contributed by atoms with Crippen LogP contribution in [0.1, 0.15) is 49.3 Å². The number of hydrogen-bond donors (Lipinski definition) is 1. The molecule has 1 saturated heterocycles. The first kappa shape index (κ1) is 29.0. The van der Waals surface area contributed by atoms with Gasteiger partial charge in [-0.2, -0.15) is 0 Å². The Bertz CT molecular complexity index is 1030. The van der Waals surface area contributed by atoms with Crippen LogP contribution in [0.15, 0.2) is 42.5 Å². The van der Waals surface area contributed by atoms with Gasteiger partial charge in [0.15, 0.2) is 0 Å². The van der Waals surface area contributed by atoms with E-state index in [1.54, 1.807) is 0 Å². The van der Waals surface area contributed by atoms with Crippen molar-refractivity contribution in [3.8, 4) is 0 Å². The minimum atomic E-state index is 0.108. The van der Waals surface area contributed by atoms with Crippen LogP contribution in [0.4, 0.5) is 5.69 Å². The molecule has 1 aliphatic heterocycles. The number of halogens is 1. The molecule has 1 fully saturated rings. The molecule has 3 rings (SSSR count). The molecule has 1 N–H and O–H groups in total. The summed E-state index contributed by atoms with van der Waals surface area (Å²) >= 11 is 6.01. The van der Waals surface area contributed by atoms with Crippen LogP contribution in [-0.2, 0) is 16.0 Å². The molecule has 2 aromatic carbocycles. The molecule has 37 heavy (non-hydrogen) atoms. The second-order valence-electron chi connectivity index (χ2n) is 10.8. The average molecular weight is 527 g/mol. The van der Waals surface area contributed by atoms with Crippen molar-refractivity contribution in [2.24, 2.45) is 5.92 Å². The van der Waals surface area contributed by atoms with Crippen LogP contribution >= 0.6 is 11.6 Å².